The highest BCUT2D eigenvalue weighted by molar-refractivity contribution is 5.69. The van der Waals surface area contributed by atoms with Crippen LogP contribution in [0.4, 0.5) is 4.39 Å². The highest BCUT2D eigenvalue weighted by Crippen LogP contribution is 2.49. The standard InChI is InChI=1S/C28H29FO10/c1-15(30)34-14-24-25(36-16(2)31)26(37-17(3)32)27(38-18(4)33)28(39-24)23-12-20(5-8-21(23)13-35-28)11-19-6-9-22(29)10-7-19/h5-10,12,24-27H,11,13-14H2,1-4H3/t24-,25-,26+,27-,28+/m1/s1. The number of rotatable bonds is 7. The summed E-state index contributed by atoms with van der Waals surface area (Å²) in [6.45, 7) is 4.38. The molecule has 10 nitrogen and oxygen atoms in total. The molecule has 0 bridgehead atoms. The zero-order valence-corrected chi connectivity index (χ0v) is 21.9. The quantitative estimate of drug-likeness (QED) is 0.380. The van der Waals surface area contributed by atoms with E-state index < -0.39 is 54.1 Å². The lowest BCUT2D eigenvalue weighted by Crippen LogP contribution is -2.66. The minimum atomic E-state index is -1.79. The van der Waals surface area contributed by atoms with Gasteiger partial charge in [0.2, 0.25) is 11.9 Å². The van der Waals surface area contributed by atoms with Crippen molar-refractivity contribution >= 4 is 23.9 Å². The van der Waals surface area contributed by atoms with Gasteiger partial charge < -0.3 is 28.4 Å². The number of carbonyl (C=O) groups is 4. The largest absolute Gasteiger partial charge is 0.463 e. The molecule has 1 spiro atoms. The first kappa shape index (κ1) is 28.2. The Morgan fingerprint density at radius 1 is 0.846 bits per heavy atom. The van der Waals surface area contributed by atoms with Gasteiger partial charge in [0.05, 0.1) is 6.61 Å². The van der Waals surface area contributed by atoms with E-state index >= 15 is 0 Å². The number of hydrogen-bond acceptors (Lipinski definition) is 10. The maximum atomic E-state index is 13.4. The Hall–Kier alpha value is -3.83. The minimum absolute atomic E-state index is 0.0647. The molecule has 0 saturated carbocycles. The van der Waals surface area contributed by atoms with E-state index in [9.17, 15) is 23.6 Å². The summed E-state index contributed by atoms with van der Waals surface area (Å²) >= 11 is 0. The van der Waals surface area contributed by atoms with Gasteiger partial charge in [0, 0.05) is 33.3 Å². The van der Waals surface area contributed by atoms with Crippen LogP contribution < -0.4 is 0 Å². The zero-order valence-electron chi connectivity index (χ0n) is 21.9. The Kier molecular flexibility index (Phi) is 8.31. The van der Waals surface area contributed by atoms with Gasteiger partial charge in [-0.2, -0.15) is 0 Å². The second kappa shape index (κ2) is 11.5. The summed E-state index contributed by atoms with van der Waals surface area (Å²) < 4.78 is 47.8. The van der Waals surface area contributed by atoms with Crippen LogP contribution >= 0.6 is 0 Å². The SMILES string of the molecule is CC(=O)OC[C@H]1O[C@]2(OCc3ccc(Cc4ccc(F)cc4)cc32)[C@H](OC(C)=O)[C@@H](OC(C)=O)[C@@H]1OC(C)=O. The second-order valence-electron chi connectivity index (χ2n) is 9.39. The van der Waals surface area contributed by atoms with Gasteiger partial charge in [-0.1, -0.05) is 24.3 Å². The number of fused-ring (bicyclic) bond motifs is 2. The van der Waals surface area contributed by atoms with Crippen molar-refractivity contribution in [1.82, 2.24) is 0 Å². The van der Waals surface area contributed by atoms with Crippen LogP contribution in [-0.2, 0) is 66.4 Å². The molecule has 2 aromatic rings. The van der Waals surface area contributed by atoms with Crippen molar-refractivity contribution in [2.75, 3.05) is 6.61 Å². The Morgan fingerprint density at radius 2 is 1.46 bits per heavy atom. The van der Waals surface area contributed by atoms with Crippen molar-refractivity contribution in [2.45, 2.75) is 70.9 Å². The van der Waals surface area contributed by atoms with E-state index in [1.165, 1.54) is 26.0 Å². The first-order chi connectivity index (χ1) is 18.5. The van der Waals surface area contributed by atoms with Crippen molar-refractivity contribution in [3.63, 3.8) is 0 Å². The van der Waals surface area contributed by atoms with Crippen LogP contribution in [0.25, 0.3) is 0 Å². The molecule has 0 unspecified atom stereocenters. The molecule has 2 heterocycles. The third-order valence-electron chi connectivity index (χ3n) is 6.35. The third kappa shape index (κ3) is 6.26. The lowest BCUT2D eigenvalue weighted by molar-refractivity contribution is -0.370. The molecule has 4 rings (SSSR count). The Balaban J connectivity index is 1.81. The Bertz CT molecular complexity index is 1260. The molecule has 2 aliphatic heterocycles. The molecule has 0 radical (unpaired) electrons. The fourth-order valence-corrected chi connectivity index (χ4v) is 4.88. The average molecular weight is 545 g/mol. The van der Waals surface area contributed by atoms with Crippen molar-refractivity contribution in [3.05, 3.63) is 70.5 Å². The van der Waals surface area contributed by atoms with Gasteiger partial charge in [0.25, 0.3) is 0 Å². The molecule has 0 aliphatic carbocycles. The second-order valence-corrected chi connectivity index (χ2v) is 9.39. The van der Waals surface area contributed by atoms with Gasteiger partial charge in [0.15, 0.2) is 12.2 Å². The van der Waals surface area contributed by atoms with Gasteiger partial charge in [-0.05, 0) is 41.3 Å². The maximum absolute atomic E-state index is 13.4. The first-order valence-electron chi connectivity index (χ1n) is 12.3. The molecular weight excluding hydrogens is 515 g/mol. The maximum Gasteiger partial charge on any atom is 0.303 e. The summed E-state index contributed by atoms with van der Waals surface area (Å²) in [4.78, 5) is 48.1. The van der Waals surface area contributed by atoms with Crippen LogP contribution in [0.2, 0.25) is 0 Å². The van der Waals surface area contributed by atoms with Crippen molar-refractivity contribution in [1.29, 1.82) is 0 Å². The molecule has 1 saturated heterocycles. The van der Waals surface area contributed by atoms with Crippen molar-refractivity contribution in [3.8, 4) is 0 Å². The topological polar surface area (TPSA) is 124 Å². The van der Waals surface area contributed by atoms with Gasteiger partial charge in [0.1, 0.15) is 18.5 Å². The van der Waals surface area contributed by atoms with Gasteiger partial charge in [-0.15, -0.1) is 0 Å². The van der Waals surface area contributed by atoms with E-state index in [4.69, 9.17) is 28.4 Å². The number of esters is 4. The van der Waals surface area contributed by atoms with E-state index in [0.29, 0.717) is 17.5 Å². The number of benzene rings is 2. The summed E-state index contributed by atoms with van der Waals surface area (Å²) in [5.74, 6) is -4.94. The monoisotopic (exact) mass is 544 g/mol. The van der Waals surface area contributed by atoms with Crippen molar-refractivity contribution in [2.24, 2.45) is 0 Å². The van der Waals surface area contributed by atoms with Gasteiger partial charge in [-0.3, -0.25) is 19.2 Å². The summed E-state index contributed by atoms with van der Waals surface area (Å²) in [5.41, 5.74) is 2.89. The van der Waals surface area contributed by atoms with Gasteiger partial charge >= 0.3 is 23.9 Å². The molecule has 0 amide bonds. The number of carbonyl (C=O) groups excluding carboxylic acids is 4. The molecule has 5 atom stereocenters. The van der Waals surface area contributed by atoms with E-state index in [1.54, 1.807) is 12.1 Å². The van der Waals surface area contributed by atoms with Crippen LogP contribution in [0.3, 0.4) is 0 Å². The molecule has 11 heteroatoms. The van der Waals surface area contributed by atoms with E-state index in [-0.39, 0.29) is 19.0 Å². The van der Waals surface area contributed by atoms with Crippen LogP contribution in [0, 0.1) is 5.82 Å². The molecule has 2 aromatic carbocycles. The summed E-state index contributed by atoms with van der Waals surface area (Å²) in [6, 6.07) is 11.6. The lowest BCUT2D eigenvalue weighted by Gasteiger charge is -2.49. The number of hydrogen-bond donors (Lipinski definition) is 0. The normalized spacial score (nSPS) is 25.5. The summed E-state index contributed by atoms with van der Waals surface area (Å²) in [7, 11) is 0. The van der Waals surface area contributed by atoms with Crippen LogP contribution in [-0.4, -0.2) is 54.9 Å². The Morgan fingerprint density at radius 3 is 2.08 bits per heavy atom. The average Bonchev–Trinajstić information content (AvgIpc) is 3.21. The summed E-state index contributed by atoms with van der Waals surface area (Å²) in [5, 5.41) is 0. The fraction of sp³-hybridized carbons (Fsp3) is 0.429. The highest BCUT2D eigenvalue weighted by atomic mass is 19.1. The third-order valence-corrected chi connectivity index (χ3v) is 6.35. The van der Waals surface area contributed by atoms with Crippen molar-refractivity contribution < 1.29 is 52.0 Å². The van der Waals surface area contributed by atoms with E-state index in [1.807, 2.05) is 18.2 Å². The van der Waals surface area contributed by atoms with Crippen LogP contribution in [0.1, 0.15) is 49.9 Å². The van der Waals surface area contributed by atoms with E-state index in [2.05, 4.69) is 0 Å². The lowest BCUT2D eigenvalue weighted by atomic mass is 9.85. The minimum Gasteiger partial charge on any atom is -0.463 e. The molecule has 39 heavy (non-hydrogen) atoms. The molecule has 208 valence electrons. The molecule has 1 fully saturated rings. The summed E-state index contributed by atoms with van der Waals surface area (Å²) in [6.07, 6.45) is -4.76. The molecule has 0 aromatic heterocycles. The van der Waals surface area contributed by atoms with Crippen LogP contribution in [0.15, 0.2) is 42.5 Å². The molecular formula is C28H29FO10. The van der Waals surface area contributed by atoms with Crippen LogP contribution in [0.5, 0.6) is 0 Å². The first-order valence-corrected chi connectivity index (χ1v) is 12.3. The van der Waals surface area contributed by atoms with E-state index in [0.717, 1.165) is 25.0 Å². The Labute approximate surface area is 224 Å². The number of ether oxygens (including phenoxy) is 6. The number of halogens is 1. The zero-order chi connectivity index (χ0) is 28.3. The smallest absolute Gasteiger partial charge is 0.303 e. The predicted octanol–water partition coefficient (Wildman–Crippen LogP) is 2.86. The van der Waals surface area contributed by atoms with Gasteiger partial charge in [-0.25, -0.2) is 4.39 Å². The molecule has 2 aliphatic rings. The highest BCUT2D eigenvalue weighted by Gasteiger charge is 2.64. The molecule has 0 N–H and O–H groups in total. The predicted molar refractivity (Wildman–Crippen MR) is 130 cm³/mol. The fourth-order valence-electron chi connectivity index (χ4n) is 4.88.